The minimum absolute atomic E-state index is 0.0659. The minimum atomic E-state index is 0.0659. The third kappa shape index (κ3) is 2.93. The van der Waals surface area contributed by atoms with Gasteiger partial charge in [-0.15, -0.1) is 6.58 Å². The lowest BCUT2D eigenvalue weighted by molar-refractivity contribution is -0.0552. The molecule has 0 N–H and O–H groups in total. The van der Waals surface area contributed by atoms with Crippen LogP contribution in [0.4, 0.5) is 0 Å². The lowest BCUT2D eigenvalue weighted by Crippen LogP contribution is -2.31. The molecule has 0 aliphatic carbocycles. The molecule has 0 aromatic rings. The van der Waals surface area contributed by atoms with Crippen LogP contribution in [0.3, 0.4) is 0 Å². The fourth-order valence-electron chi connectivity index (χ4n) is 1.07. The first kappa shape index (κ1) is 9.23. The van der Waals surface area contributed by atoms with E-state index in [1.54, 1.807) is 6.08 Å². The van der Waals surface area contributed by atoms with Gasteiger partial charge in [0.15, 0.2) is 0 Å². The second-order valence-electron chi connectivity index (χ2n) is 2.52. The van der Waals surface area contributed by atoms with Crippen LogP contribution in [0.1, 0.15) is 12.8 Å². The van der Waals surface area contributed by atoms with Gasteiger partial charge in [0.1, 0.15) is 5.01 Å². The van der Waals surface area contributed by atoms with E-state index in [1.807, 2.05) is 0 Å². The van der Waals surface area contributed by atoms with E-state index < -0.39 is 0 Å². The largest absolute Gasteiger partial charge is 0.371 e. The van der Waals surface area contributed by atoms with E-state index in [1.165, 1.54) is 0 Å². The van der Waals surface area contributed by atoms with Crippen LogP contribution in [-0.2, 0) is 9.47 Å². The van der Waals surface area contributed by atoms with Crippen LogP contribution in [0.15, 0.2) is 12.7 Å². The quantitative estimate of drug-likeness (QED) is 0.536. The second-order valence-corrected chi connectivity index (χ2v) is 3.43. The molecule has 0 spiro atoms. The topological polar surface area (TPSA) is 18.5 Å². The first-order valence-electron chi connectivity index (χ1n) is 3.83. The first-order chi connectivity index (χ1) is 5.34. The SMILES string of the molecule is C=CCO[C@@H]1CCCO[C@H]1Br. The molecule has 0 amide bonds. The molecule has 0 radical (unpaired) electrons. The Morgan fingerprint density at radius 2 is 2.55 bits per heavy atom. The Hall–Kier alpha value is 0.140. The van der Waals surface area contributed by atoms with Crippen LogP contribution in [0.5, 0.6) is 0 Å². The fourth-order valence-corrected chi connectivity index (χ4v) is 1.67. The van der Waals surface area contributed by atoms with Gasteiger partial charge in [0.2, 0.25) is 0 Å². The van der Waals surface area contributed by atoms with Crippen molar-refractivity contribution in [1.82, 2.24) is 0 Å². The van der Waals surface area contributed by atoms with Gasteiger partial charge < -0.3 is 9.47 Å². The molecule has 1 heterocycles. The highest BCUT2D eigenvalue weighted by Gasteiger charge is 2.23. The van der Waals surface area contributed by atoms with Crippen LogP contribution < -0.4 is 0 Å². The molecule has 0 unspecified atom stereocenters. The Kier molecular flexibility index (Phi) is 4.12. The van der Waals surface area contributed by atoms with Gasteiger partial charge in [-0.25, -0.2) is 0 Å². The number of alkyl halides is 1. The number of rotatable bonds is 3. The third-order valence-corrected chi connectivity index (χ3v) is 2.48. The van der Waals surface area contributed by atoms with Crippen molar-refractivity contribution in [2.75, 3.05) is 13.2 Å². The summed E-state index contributed by atoms with van der Waals surface area (Å²) in [7, 11) is 0. The van der Waals surface area contributed by atoms with Crippen molar-refractivity contribution in [3.63, 3.8) is 0 Å². The van der Waals surface area contributed by atoms with Gasteiger partial charge in [-0.3, -0.25) is 0 Å². The molecule has 11 heavy (non-hydrogen) atoms. The number of hydrogen-bond donors (Lipinski definition) is 0. The molecule has 0 saturated carbocycles. The van der Waals surface area contributed by atoms with Gasteiger partial charge in [-0.05, 0) is 12.8 Å². The number of hydrogen-bond acceptors (Lipinski definition) is 2. The van der Waals surface area contributed by atoms with Crippen LogP contribution in [0.25, 0.3) is 0 Å². The van der Waals surface area contributed by atoms with E-state index in [-0.39, 0.29) is 11.1 Å². The first-order valence-corrected chi connectivity index (χ1v) is 4.74. The average Bonchev–Trinajstić information content (AvgIpc) is 2.03. The van der Waals surface area contributed by atoms with E-state index in [9.17, 15) is 0 Å². The highest BCUT2D eigenvalue weighted by Crippen LogP contribution is 2.21. The monoisotopic (exact) mass is 220 g/mol. The molecule has 1 fully saturated rings. The summed E-state index contributed by atoms with van der Waals surface area (Å²) in [6.07, 6.45) is 4.11. The summed E-state index contributed by atoms with van der Waals surface area (Å²) in [5, 5.41) is 0.0659. The van der Waals surface area contributed by atoms with Crippen molar-refractivity contribution in [1.29, 1.82) is 0 Å². The van der Waals surface area contributed by atoms with Gasteiger partial charge in [0.05, 0.1) is 12.7 Å². The molecule has 2 nitrogen and oxygen atoms in total. The van der Waals surface area contributed by atoms with E-state index in [0.717, 1.165) is 19.4 Å². The fraction of sp³-hybridized carbons (Fsp3) is 0.750. The molecule has 1 saturated heterocycles. The highest BCUT2D eigenvalue weighted by atomic mass is 79.9. The predicted octanol–water partition coefficient (Wildman–Crippen LogP) is 2.09. The molecule has 1 aliphatic rings. The lowest BCUT2D eigenvalue weighted by Gasteiger charge is -2.27. The Labute approximate surface area is 75.7 Å². The summed E-state index contributed by atoms with van der Waals surface area (Å²) < 4.78 is 10.8. The summed E-state index contributed by atoms with van der Waals surface area (Å²) >= 11 is 3.40. The van der Waals surface area contributed by atoms with Crippen molar-refractivity contribution >= 4 is 15.9 Å². The standard InChI is InChI=1S/C8H13BrO2/c1-2-5-10-7-4-3-6-11-8(7)9/h2,7-8H,1,3-6H2/t7-,8-/m1/s1. The molecule has 1 rings (SSSR count). The summed E-state index contributed by atoms with van der Waals surface area (Å²) in [6.45, 7) is 5.03. The maximum absolute atomic E-state index is 5.45. The van der Waals surface area contributed by atoms with Crippen molar-refractivity contribution in [3.05, 3.63) is 12.7 Å². The molecule has 0 aromatic carbocycles. The van der Waals surface area contributed by atoms with E-state index in [0.29, 0.717) is 6.61 Å². The molecule has 64 valence electrons. The molecular formula is C8H13BrO2. The van der Waals surface area contributed by atoms with Crippen LogP contribution in [-0.4, -0.2) is 24.3 Å². The van der Waals surface area contributed by atoms with Gasteiger partial charge in [-0.2, -0.15) is 0 Å². The van der Waals surface area contributed by atoms with Crippen LogP contribution in [0, 0.1) is 0 Å². The van der Waals surface area contributed by atoms with Gasteiger partial charge >= 0.3 is 0 Å². The molecule has 3 heteroatoms. The molecule has 2 atom stereocenters. The molecule has 0 aromatic heterocycles. The zero-order valence-corrected chi connectivity index (χ0v) is 8.05. The minimum Gasteiger partial charge on any atom is -0.371 e. The summed E-state index contributed by atoms with van der Waals surface area (Å²) in [4.78, 5) is 0. The van der Waals surface area contributed by atoms with Crippen molar-refractivity contribution in [2.45, 2.75) is 24.0 Å². The van der Waals surface area contributed by atoms with Crippen LogP contribution >= 0.6 is 15.9 Å². The normalized spacial score (nSPS) is 31.7. The maximum Gasteiger partial charge on any atom is 0.138 e. The average molecular weight is 221 g/mol. The zero-order valence-electron chi connectivity index (χ0n) is 6.46. The zero-order chi connectivity index (χ0) is 8.10. The Bertz CT molecular complexity index is 127. The van der Waals surface area contributed by atoms with Gasteiger partial charge in [0, 0.05) is 6.61 Å². The van der Waals surface area contributed by atoms with E-state index in [2.05, 4.69) is 22.5 Å². The van der Waals surface area contributed by atoms with Gasteiger partial charge in [-0.1, -0.05) is 22.0 Å². The smallest absolute Gasteiger partial charge is 0.138 e. The molecule has 0 bridgehead atoms. The highest BCUT2D eigenvalue weighted by molar-refractivity contribution is 9.09. The van der Waals surface area contributed by atoms with Crippen molar-refractivity contribution < 1.29 is 9.47 Å². The Balaban J connectivity index is 2.23. The predicted molar refractivity (Wildman–Crippen MR) is 47.8 cm³/mol. The van der Waals surface area contributed by atoms with E-state index in [4.69, 9.17) is 9.47 Å². The Morgan fingerprint density at radius 1 is 1.73 bits per heavy atom. The van der Waals surface area contributed by atoms with Crippen LogP contribution in [0.2, 0.25) is 0 Å². The van der Waals surface area contributed by atoms with Gasteiger partial charge in [0.25, 0.3) is 0 Å². The van der Waals surface area contributed by atoms with E-state index >= 15 is 0 Å². The summed E-state index contributed by atoms with van der Waals surface area (Å²) in [5.74, 6) is 0. The number of halogens is 1. The summed E-state index contributed by atoms with van der Waals surface area (Å²) in [6, 6.07) is 0. The maximum atomic E-state index is 5.45. The molecular weight excluding hydrogens is 208 g/mol. The third-order valence-electron chi connectivity index (χ3n) is 1.63. The van der Waals surface area contributed by atoms with Crippen molar-refractivity contribution in [3.8, 4) is 0 Å². The lowest BCUT2D eigenvalue weighted by atomic mass is 10.2. The number of ether oxygens (including phenoxy) is 2. The summed E-state index contributed by atoms with van der Waals surface area (Å²) in [5.41, 5.74) is 0. The van der Waals surface area contributed by atoms with Crippen molar-refractivity contribution in [2.24, 2.45) is 0 Å². The second kappa shape index (κ2) is 4.91. The molecule has 1 aliphatic heterocycles. The Morgan fingerprint density at radius 3 is 3.18 bits per heavy atom.